The summed E-state index contributed by atoms with van der Waals surface area (Å²) in [6.07, 6.45) is -4.45. The van der Waals surface area contributed by atoms with E-state index in [1.165, 1.54) is 18.2 Å². The quantitative estimate of drug-likeness (QED) is 0.929. The number of alkyl halides is 3. The van der Waals surface area contributed by atoms with Crippen molar-refractivity contribution in [3.8, 4) is 11.5 Å². The van der Waals surface area contributed by atoms with E-state index < -0.39 is 11.7 Å². The number of hydrogen-bond acceptors (Lipinski definition) is 4. The molecule has 19 heavy (non-hydrogen) atoms. The van der Waals surface area contributed by atoms with E-state index in [0.29, 0.717) is 13.1 Å². The summed E-state index contributed by atoms with van der Waals surface area (Å²) < 4.78 is 43.7. The first-order chi connectivity index (χ1) is 9.02. The van der Waals surface area contributed by atoms with E-state index in [-0.39, 0.29) is 17.3 Å². The smallest absolute Gasteiger partial charge is 0.417 e. The van der Waals surface area contributed by atoms with Crippen LogP contribution in [0.15, 0.2) is 28.7 Å². The first kappa shape index (κ1) is 13.5. The van der Waals surface area contributed by atoms with E-state index in [1.54, 1.807) is 0 Å². The van der Waals surface area contributed by atoms with Gasteiger partial charge in [-0.3, -0.25) is 0 Å². The second-order valence-corrected chi connectivity index (χ2v) is 3.82. The van der Waals surface area contributed by atoms with Crippen LogP contribution in [-0.2, 0) is 12.7 Å². The molecule has 0 radical (unpaired) electrons. The molecule has 0 spiro atoms. The predicted octanol–water partition coefficient (Wildman–Crippen LogP) is 2.86. The molecule has 0 aliphatic heterocycles. The molecule has 1 aromatic heterocycles. The number of aromatic nitrogens is 2. The summed E-state index contributed by atoms with van der Waals surface area (Å²) in [5.41, 5.74) is -0.890. The fourth-order valence-electron chi connectivity index (χ4n) is 1.58. The lowest BCUT2D eigenvalue weighted by Gasteiger charge is -2.09. The average molecular weight is 271 g/mol. The van der Waals surface area contributed by atoms with Crippen LogP contribution in [0, 0.1) is 0 Å². The van der Waals surface area contributed by atoms with Gasteiger partial charge in [-0.15, -0.1) is 10.2 Å². The van der Waals surface area contributed by atoms with Gasteiger partial charge in [0.1, 0.15) is 0 Å². The van der Waals surface area contributed by atoms with Gasteiger partial charge in [-0.1, -0.05) is 19.1 Å². The molecule has 0 aliphatic rings. The minimum absolute atomic E-state index is 0.106. The van der Waals surface area contributed by atoms with Crippen LogP contribution in [-0.4, -0.2) is 16.7 Å². The molecule has 4 nitrogen and oxygen atoms in total. The molecular formula is C12H12F3N3O. The van der Waals surface area contributed by atoms with Crippen molar-refractivity contribution in [1.82, 2.24) is 15.5 Å². The maximum Gasteiger partial charge on any atom is 0.417 e. The second kappa shape index (κ2) is 5.40. The molecule has 1 N–H and O–H groups in total. The summed E-state index contributed by atoms with van der Waals surface area (Å²) in [6.45, 7) is 2.94. The Morgan fingerprint density at radius 2 is 1.95 bits per heavy atom. The van der Waals surface area contributed by atoms with Crippen molar-refractivity contribution >= 4 is 0 Å². The van der Waals surface area contributed by atoms with E-state index in [1.807, 2.05) is 6.92 Å². The molecule has 0 atom stereocenters. The molecule has 0 unspecified atom stereocenters. The normalized spacial score (nSPS) is 11.8. The Morgan fingerprint density at radius 3 is 2.63 bits per heavy atom. The zero-order chi connectivity index (χ0) is 13.9. The Labute approximate surface area is 107 Å². The van der Waals surface area contributed by atoms with Crippen LogP contribution in [0.25, 0.3) is 11.5 Å². The van der Waals surface area contributed by atoms with Gasteiger partial charge in [-0.2, -0.15) is 13.2 Å². The van der Waals surface area contributed by atoms with Gasteiger partial charge in [0.15, 0.2) is 0 Å². The molecule has 0 saturated heterocycles. The number of nitrogens with zero attached hydrogens (tertiary/aromatic N) is 2. The fourth-order valence-corrected chi connectivity index (χ4v) is 1.58. The highest BCUT2D eigenvalue weighted by atomic mass is 19.4. The van der Waals surface area contributed by atoms with Gasteiger partial charge in [0.2, 0.25) is 11.8 Å². The van der Waals surface area contributed by atoms with Crippen LogP contribution in [0.2, 0.25) is 0 Å². The summed E-state index contributed by atoms with van der Waals surface area (Å²) in [6, 6.07) is 5.12. The molecular weight excluding hydrogens is 259 g/mol. The van der Waals surface area contributed by atoms with E-state index in [2.05, 4.69) is 15.5 Å². The Hall–Kier alpha value is -1.89. The minimum Gasteiger partial charge on any atom is -0.419 e. The third-order valence-electron chi connectivity index (χ3n) is 2.46. The Morgan fingerprint density at radius 1 is 1.21 bits per heavy atom. The van der Waals surface area contributed by atoms with E-state index >= 15 is 0 Å². The lowest BCUT2D eigenvalue weighted by Crippen LogP contribution is -2.11. The molecule has 7 heteroatoms. The molecule has 0 bridgehead atoms. The zero-order valence-electron chi connectivity index (χ0n) is 10.2. The van der Waals surface area contributed by atoms with Crippen molar-refractivity contribution < 1.29 is 17.6 Å². The molecule has 0 amide bonds. The van der Waals surface area contributed by atoms with Gasteiger partial charge in [-0.05, 0) is 18.7 Å². The number of nitrogens with one attached hydrogen (secondary N) is 1. The number of benzene rings is 1. The maximum atomic E-state index is 12.8. The highest BCUT2D eigenvalue weighted by Crippen LogP contribution is 2.36. The van der Waals surface area contributed by atoms with Crippen molar-refractivity contribution in [2.24, 2.45) is 0 Å². The lowest BCUT2D eigenvalue weighted by atomic mass is 10.1. The molecule has 1 heterocycles. The van der Waals surface area contributed by atoms with Gasteiger partial charge in [0, 0.05) is 0 Å². The number of hydrogen-bond donors (Lipinski definition) is 1. The van der Waals surface area contributed by atoms with E-state index in [4.69, 9.17) is 4.42 Å². The Kier molecular flexibility index (Phi) is 3.84. The third-order valence-corrected chi connectivity index (χ3v) is 2.46. The maximum absolute atomic E-state index is 12.8. The summed E-state index contributed by atoms with van der Waals surface area (Å²) in [5, 5.41) is 10.3. The van der Waals surface area contributed by atoms with Gasteiger partial charge < -0.3 is 9.73 Å². The Balaban J connectivity index is 2.34. The predicted molar refractivity (Wildman–Crippen MR) is 62.1 cm³/mol. The van der Waals surface area contributed by atoms with Gasteiger partial charge >= 0.3 is 6.18 Å². The van der Waals surface area contributed by atoms with Crippen molar-refractivity contribution in [2.45, 2.75) is 19.6 Å². The average Bonchev–Trinajstić information content (AvgIpc) is 2.84. The van der Waals surface area contributed by atoms with Crippen LogP contribution < -0.4 is 5.32 Å². The molecule has 1 aromatic carbocycles. The van der Waals surface area contributed by atoms with Crippen LogP contribution in [0.1, 0.15) is 18.4 Å². The minimum atomic E-state index is -4.45. The first-order valence-corrected chi connectivity index (χ1v) is 5.72. The molecule has 0 fully saturated rings. The van der Waals surface area contributed by atoms with Gasteiger partial charge in [0.05, 0.1) is 17.7 Å². The molecule has 0 aliphatic carbocycles. The summed E-state index contributed by atoms with van der Waals surface area (Å²) in [7, 11) is 0. The second-order valence-electron chi connectivity index (χ2n) is 3.82. The van der Waals surface area contributed by atoms with Crippen LogP contribution in [0.3, 0.4) is 0 Å². The highest BCUT2D eigenvalue weighted by Gasteiger charge is 2.34. The molecule has 2 aromatic rings. The topological polar surface area (TPSA) is 51.0 Å². The van der Waals surface area contributed by atoms with Crippen molar-refractivity contribution in [3.05, 3.63) is 35.7 Å². The number of halogens is 3. The summed E-state index contributed by atoms with van der Waals surface area (Å²) in [4.78, 5) is 0. The van der Waals surface area contributed by atoms with Crippen LogP contribution >= 0.6 is 0 Å². The molecule has 2 rings (SSSR count). The first-order valence-electron chi connectivity index (χ1n) is 5.72. The van der Waals surface area contributed by atoms with E-state index in [9.17, 15) is 13.2 Å². The van der Waals surface area contributed by atoms with E-state index in [0.717, 1.165) is 6.07 Å². The Bertz CT molecular complexity index is 551. The van der Waals surface area contributed by atoms with Crippen LogP contribution in [0.5, 0.6) is 0 Å². The van der Waals surface area contributed by atoms with Gasteiger partial charge in [-0.25, -0.2) is 0 Å². The molecule has 102 valence electrons. The van der Waals surface area contributed by atoms with Crippen molar-refractivity contribution in [1.29, 1.82) is 0 Å². The monoisotopic (exact) mass is 271 g/mol. The largest absolute Gasteiger partial charge is 0.419 e. The van der Waals surface area contributed by atoms with Crippen molar-refractivity contribution in [3.63, 3.8) is 0 Å². The standard InChI is InChI=1S/C12H12F3N3O/c1-2-16-7-10-17-18-11(19-10)8-5-3-4-6-9(8)12(13,14)15/h3-6,16H,2,7H2,1H3. The summed E-state index contributed by atoms with van der Waals surface area (Å²) >= 11 is 0. The molecule has 0 saturated carbocycles. The van der Waals surface area contributed by atoms with Crippen LogP contribution in [0.4, 0.5) is 13.2 Å². The zero-order valence-corrected chi connectivity index (χ0v) is 10.2. The van der Waals surface area contributed by atoms with Gasteiger partial charge in [0.25, 0.3) is 0 Å². The number of rotatable bonds is 4. The summed E-state index contributed by atoms with van der Waals surface area (Å²) in [5.74, 6) is 0.134. The lowest BCUT2D eigenvalue weighted by molar-refractivity contribution is -0.137. The SMILES string of the molecule is CCNCc1nnc(-c2ccccc2C(F)(F)F)o1. The highest BCUT2D eigenvalue weighted by molar-refractivity contribution is 5.59. The fraction of sp³-hybridized carbons (Fsp3) is 0.333. The van der Waals surface area contributed by atoms with Crippen molar-refractivity contribution in [2.75, 3.05) is 6.54 Å². The third kappa shape index (κ3) is 3.11.